The molecule has 0 aliphatic carbocycles. The molecule has 2 rings (SSSR count). The van der Waals surface area contributed by atoms with Gasteiger partial charge in [-0.25, -0.2) is 4.98 Å². The Morgan fingerprint density at radius 2 is 1.88 bits per heavy atom. The molecule has 0 aliphatic heterocycles. The number of hydrogen-bond donors (Lipinski definition) is 0. The third-order valence-corrected chi connectivity index (χ3v) is 2.43. The number of nitrogens with zero attached hydrogens (tertiary/aromatic N) is 2. The van der Waals surface area contributed by atoms with Crippen molar-refractivity contribution in [3.63, 3.8) is 0 Å². The molecule has 0 N–H and O–H groups in total. The molecule has 0 radical (unpaired) electrons. The number of benzene rings is 1. The third kappa shape index (κ3) is 2.24. The molecule has 0 amide bonds. The minimum absolute atomic E-state index is 0.656. The van der Waals surface area contributed by atoms with E-state index in [1.165, 1.54) is 5.56 Å². The van der Waals surface area contributed by atoms with Gasteiger partial charge in [-0.05, 0) is 32.9 Å². The lowest BCUT2D eigenvalue weighted by Crippen LogP contribution is -1.96. The van der Waals surface area contributed by atoms with E-state index >= 15 is 0 Å². The zero-order valence-corrected chi connectivity index (χ0v) is 9.90. The monoisotopic (exact) mass is 216 g/mol. The van der Waals surface area contributed by atoms with E-state index < -0.39 is 0 Å². The average Bonchev–Trinajstić information content (AvgIpc) is 2.62. The van der Waals surface area contributed by atoms with E-state index in [0.29, 0.717) is 6.01 Å². The van der Waals surface area contributed by atoms with Gasteiger partial charge in [0.1, 0.15) is 5.75 Å². The van der Waals surface area contributed by atoms with E-state index in [4.69, 9.17) is 4.74 Å². The van der Waals surface area contributed by atoms with Crippen molar-refractivity contribution in [1.82, 2.24) is 9.55 Å². The lowest BCUT2D eigenvalue weighted by molar-refractivity contribution is 0.415. The van der Waals surface area contributed by atoms with Crippen molar-refractivity contribution < 1.29 is 4.74 Å². The molecule has 0 spiro atoms. The molecule has 0 fully saturated rings. The molecule has 0 aliphatic rings. The van der Waals surface area contributed by atoms with Crippen LogP contribution < -0.4 is 4.74 Å². The van der Waals surface area contributed by atoms with Crippen LogP contribution in [0, 0.1) is 13.8 Å². The Hall–Kier alpha value is -1.77. The second kappa shape index (κ2) is 4.39. The SMILES string of the molecule is CCn1cc(C)nc1Oc1ccc(C)cc1. The van der Waals surface area contributed by atoms with Gasteiger partial charge in [0.15, 0.2) is 0 Å². The molecule has 0 saturated carbocycles. The van der Waals surface area contributed by atoms with E-state index in [9.17, 15) is 0 Å². The summed E-state index contributed by atoms with van der Waals surface area (Å²) in [6.07, 6.45) is 1.99. The highest BCUT2D eigenvalue weighted by molar-refractivity contribution is 5.28. The van der Waals surface area contributed by atoms with Gasteiger partial charge in [0.25, 0.3) is 0 Å². The summed E-state index contributed by atoms with van der Waals surface area (Å²) in [4.78, 5) is 4.34. The maximum atomic E-state index is 5.73. The van der Waals surface area contributed by atoms with Crippen LogP contribution >= 0.6 is 0 Å². The zero-order valence-electron chi connectivity index (χ0n) is 9.90. The second-order valence-corrected chi connectivity index (χ2v) is 3.87. The maximum absolute atomic E-state index is 5.73. The normalized spacial score (nSPS) is 10.4. The molecular formula is C13H16N2O. The maximum Gasteiger partial charge on any atom is 0.302 e. The van der Waals surface area contributed by atoms with Gasteiger partial charge in [0.2, 0.25) is 0 Å². The summed E-state index contributed by atoms with van der Waals surface area (Å²) in [6.45, 7) is 6.96. The molecule has 2 aromatic rings. The Kier molecular flexibility index (Phi) is 2.95. The molecule has 1 aromatic heterocycles. The highest BCUT2D eigenvalue weighted by atomic mass is 16.5. The molecule has 1 heterocycles. The fourth-order valence-corrected chi connectivity index (χ4v) is 1.54. The topological polar surface area (TPSA) is 27.1 Å². The lowest BCUT2D eigenvalue weighted by atomic mass is 10.2. The zero-order chi connectivity index (χ0) is 11.5. The summed E-state index contributed by atoms with van der Waals surface area (Å²) in [5, 5.41) is 0. The first-order valence-electron chi connectivity index (χ1n) is 5.47. The molecule has 16 heavy (non-hydrogen) atoms. The Morgan fingerprint density at radius 3 is 2.50 bits per heavy atom. The van der Waals surface area contributed by atoms with Crippen LogP contribution in [-0.4, -0.2) is 9.55 Å². The van der Waals surface area contributed by atoms with Crippen LogP contribution in [0.25, 0.3) is 0 Å². The predicted molar refractivity (Wildman–Crippen MR) is 63.9 cm³/mol. The van der Waals surface area contributed by atoms with Crippen molar-refractivity contribution in [1.29, 1.82) is 0 Å². The minimum atomic E-state index is 0.656. The predicted octanol–water partition coefficient (Wildman–Crippen LogP) is 3.31. The lowest BCUT2D eigenvalue weighted by Gasteiger charge is -2.06. The summed E-state index contributed by atoms with van der Waals surface area (Å²) in [6, 6.07) is 8.63. The minimum Gasteiger partial charge on any atom is -0.426 e. The quantitative estimate of drug-likeness (QED) is 0.787. The Bertz CT molecular complexity index is 471. The average molecular weight is 216 g/mol. The van der Waals surface area contributed by atoms with Crippen molar-refractivity contribution in [2.75, 3.05) is 0 Å². The first kappa shape index (κ1) is 10.7. The summed E-state index contributed by atoms with van der Waals surface area (Å²) >= 11 is 0. The fraction of sp³-hybridized carbons (Fsp3) is 0.308. The van der Waals surface area contributed by atoms with Gasteiger partial charge in [0, 0.05) is 12.7 Å². The van der Waals surface area contributed by atoms with Crippen molar-refractivity contribution >= 4 is 0 Å². The van der Waals surface area contributed by atoms with Gasteiger partial charge in [-0.3, -0.25) is 0 Å². The van der Waals surface area contributed by atoms with Gasteiger partial charge < -0.3 is 9.30 Å². The van der Waals surface area contributed by atoms with Gasteiger partial charge in [0.05, 0.1) is 5.69 Å². The van der Waals surface area contributed by atoms with E-state index in [-0.39, 0.29) is 0 Å². The van der Waals surface area contributed by atoms with Crippen LogP contribution in [-0.2, 0) is 6.54 Å². The highest BCUT2D eigenvalue weighted by Gasteiger charge is 2.06. The molecule has 84 valence electrons. The van der Waals surface area contributed by atoms with E-state index in [1.807, 2.05) is 42.0 Å². The van der Waals surface area contributed by atoms with E-state index in [2.05, 4.69) is 18.8 Å². The first-order valence-corrected chi connectivity index (χ1v) is 5.47. The van der Waals surface area contributed by atoms with Gasteiger partial charge in [-0.1, -0.05) is 17.7 Å². The number of rotatable bonds is 3. The number of aryl methyl sites for hydroxylation is 3. The Morgan fingerprint density at radius 1 is 1.19 bits per heavy atom. The number of hydrogen-bond acceptors (Lipinski definition) is 2. The van der Waals surface area contributed by atoms with Crippen LogP contribution in [0.15, 0.2) is 30.5 Å². The second-order valence-electron chi connectivity index (χ2n) is 3.87. The largest absolute Gasteiger partial charge is 0.426 e. The molecule has 1 aromatic carbocycles. The highest BCUT2D eigenvalue weighted by Crippen LogP contribution is 2.21. The fourth-order valence-electron chi connectivity index (χ4n) is 1.54. The first-order chi connectivity index (χ1) is 7.69. The molecule has 0 atom stereocenters. The molecule has 3 heteroatoms. The Balaban J connectivity index is 2.22. The summed E-state index contributed by atoms with van der Waals surface area (Å²) in [5.41, 5.74) is 2.20. The molecule has 0 bridgehead atoms. The summed E-state index contributed by atoms with van der Waals surface area (Å²) in [5.74, 6) is 0.825. The smallest absolute Gasteiger partial charge is 0.302 e. The van der Waals surface area contributed by atoms with Crippen molar-refractivity contribution in [2.45, 2.75) is 27.3 Å². The van der Waals surface area contributed by atoms with Gasteiger partial charge >= 0.3 is 6.01 Å². The summed E-state index contributed by atoms with van der Waals surface area (Å²) in [7, 11) is 0. The third-order valence-electron chi connectivity index (χ3n) is 2.43. The van der Waals surface area contributed by atoms with Crippen LogP contribution in [0.4, 0.5) is 0 Å². The number of imidazole rings is 1. The van der Waals surface area contributed by atoms with Crippen LogP contribution in [0.3, 0.4) is 0 Å². The van der Waals surface area contributed by atoms with Gasteiger partial charge in [-0.2, -0.15) is 0 Å². The Labute approximate surface area is 95.7 Å². The molecular weight excluding hydrogens is 200 g/mol. The van der Waals surface area contributed by atoms with E-state index in [1.54, 1.807) is 0 Å². The van der Waals surface area contributed by atoms with Crippen LogP contribution in [0.1, 0.15) is 18.2 Å². The van der Waals surface area contributed by atoms with E-state index in [0.717, 1.165) is 18.0 Å². The summed E-state index contributed by atoms with van der Waals surface area (Å²) < 4.78 is 7.72. The molecule has 3 nitrogen and oxygen atoms in total. The number of ether oxygens (including phenoxy) is 1. The standard InChI is InChI=1S/C13H16N2O/c1-4-15-9-11(3)14-13(15)16-12-7-5-10(2)6-8-12/h5-9H,4H2,1-3H3. The van der Waals surface area contributed by atoms with Crippen LogP contribution in [0.5, 0.6) is 11.8 Å². The van der Waals surface area contributed by atoms with Crippen molar-refractivity contribution in [3.05, 3.63) is 41.7 Å². The van der Waals surface area contributed by atoms with Crippen molar-refractivity contribution in [2.24, 2.45) is 0 Å². The molecule has 0 saturated heterocycles. The number of aromatic nitrogens is 2. The molecule has 0 unspecified atom stereocenters. The van der Waals surface area contributed by atoms with Gasteiger partial charge in [-0.15, -0.1) is 0 Å². The van der Waals surface area contributed by atoms with Crippen LogP contribution in [0.2, 0.25) is 0 Å². The van der Waals surface area contributed by atoms with Crippen molar-refractivity contribution in [3.8, 4) is 11.8 Å².